The van der Waals surface area contributed by atoms with E-state index in [1.807, 2.05) is 32.0 Å². The van der Waals surface area contributed by atoms with Gasteiger partial charge in [0.15, 0.2) is 0 Å². The molecule has 1 atom stereocenters. The van der Waals surface area contributed by atoms with E-state index in [0.29, 0.717) is 0 Å². The second-order valence-corrected chi connectivity index (χ2v) is 3.66. The van der Waals surface area contributed by atoms with Gasteiger partial charge in [-0.3, -0.25) is 4.84 Å². The smallest absolute Gasteiger partial charge is 0.102 e. The highest BCUT2D eigenvalue weighted by molar-refractivity contribution is 9.10. The van der Waals surface area contributed by atoms with E-state index in [1.165, 1.54) is 5.56 Å². The van der Waals surface area contributed by atoms with Crippen LogP contribution in [-0.4, -0.2) is 0 Å². The molecule has 12 heavy (non-hydrogen) atoms. The van der Waals surface area contributed by atoms with Gasteiger partial charge in [-0.2, -0.15) is 0 Å². The molecule has 0 amide bonds. The maximum Gasteiger partial charge on any atom is 0.102 e. The van der Waals surface area contributed by atoms with Gasteiger partial charge in [-0.1, -0.05) is 28.1 Å². The van der Waals surface area contributed by atoms with Crippen LogP contribution in [0.3, 0.4) is 0 Å². The molecular formula is C9H12BrNO. The summed E-state index contributed by atoms with van der Waals surface area (Å²) in [5.74, 6) is 5.09. The fraction of sp³-hybridized carbons (Fsp3) is 0.333. The fourth-order valence-corrected chi connectivity index (χ4v) is 1.85. The van der Waals surface area contributed by atoms with Crippen LogP contribution in [0, 0.1) is 6.92 Å². The van der Waals surface area contributed by atoms with Crippen LogP contribution in [0.15, 0.2) is 22.7 Å². The van der Waals surface area contributed by atoms with Gasteiger partial charge in [0.05, 0.1) is 0 Å². The average Bonchev–Trinajstić information content (AvgIpc) is 2.03. The zero-order valence-corrected chi connectivity index (χ0v) is 8.76. The van der Waals surface area contributed by atoms with Crippen molar-refractivity contribution < 1.29 is 4.84 Å². The number of benzene rings is 1. The number of hydrogen-bond donors (Lipinski definition) is 1. The average molecular weight is 230 g/mol. The van der Waals surface area contributed by atoms with Gasteiger partial charge in [0.2, 0.25) is 0 Å². The molecule has 0 aliphatic heterocycles. The van der Waals surface area contributed by atoms with Crippen LogP contribution in [0.2, 0.25) is 0 Å². The highest BCUT2D eigenvalue weighted by Crippen LogP contribution is 2.25. The summed E-state index contributed by atoms with van der Waals surface area (Å²) in [5.41, 5.74) is 2.29. The summed E-state index contributed by atoms with van der Waals surface area (Å²) in [5, 5.41) is 0. The minimum absolute atomic E-state index is 0.0695. The molecule has 0 aliphatic carbocycles. The van der Waals surface area contributed by atoms with Crippen LogP contribution >= 0.6 is 15.9 Å². The number of hydrogen-bond acceptors (Lipinski definition) is 2. The summed E-state index contributed by atoms with van der Waals surface area (Å²) in [6.45, 7) is 3.96. The van der Waals surface area contributed by atoms with Gasteiger partial charge in [0.1, 0.15) is 6.10 Å². The SMILES string of the molecule is Cc1ccc(C(C)ON)c(Br)c1. The van der Waals surface area contributed by atoms with Crippen molar-refractivity contribution in [2.75, 3.05) is 0 Å². The van der Waals surface area contributed by atoms with E-state index in [4.69, 9.17) is 10.7 Å². The molecular weight excluding hydrogens is 218 g/mol. The minimum Gasteiger partial charge on any atom is -0.297 e. The molecule has 0 saturated carbocycles. The highest BCUT2D eigenvalue weighted by Gasteiger charge is 2.07. The molecule has 0 saturated heterocycles. The van der Waals surface area contributed by atoms with Gasteiger partial charge in [-0.25, -0.2) is 5.90 Å². The van der Waals surface area contributed by atoms with Gasteiger partial charge in [-0.05, 0) is 31.0 Å². The number of aryl methyl sites for hydroxylation is 1. The van der Waals surface area contributed by atoms with Crippen LogP contribution in [0.4, 0.5) is 0 Å². The first-order chi connectivity index (χ1) is 5.65. The Labute approximate surface area is 80.8 Å². The fourth-order valence-electron chi connectivity index (χ4n) is 1.04. The molecule has 1 rings (SSSR count). The van der Waals surface area contributed by atoms with E-state index in [-0.39, 0.29) is 6.10 Å². The van der Waals surface area contributed by atoms with E-state index in [0.717, 1.165) is 10.0 Å². The third kappa shape index (κ3) is 2.06. The van der Waals surface area contributed by atoms with Crippen molar-refractivity contribution >= 4 is 15.9 Å². The summed E-state index contributed by atoms with van der Waals surface area (Å²) in [7, 11) is 0. The van der Waals surface area contributed by atoms with Crippen LogP contribution < -0.4 is 5.90 Å². The molecule has 1 aromatic carbocycles. The summed E-state index contributed by atoms with van der Waals surface area (Å²) in [6, 6.07) is 6.09. The molecule has 1 aromatic rings. The molecule has 0 fully saturated rings. The lowest BCUT2D eigenvalue weighted by Gasteiger charge is -2.11. The number of nitrogens with two attached hydrogens (primary N) is 1. The Balaban J connectivity index is 3.01. The van der Waals surface area contributed by atoms with Crippen molar-refractivity contribution in [3.8, 4) is 0 Å². The molecule has 66 valence electrons. The maximum atomic E-state index is 5.09. The first kappa shape index (κ1) is 9.71. The molecule has 3 heteroatoms. The topological polar surface area (TPSA) is 35.2 Å². The number of rotatable bonds is 2. The monoisotopic (exact) mass is 229 g/mol. The molecule has 2 N–H and O–H groups in total. The Bertz CT molecular complexity index is 275. The first-order valence-electron chi connectivity index (χ1n) is 3.76. The van der Waals surface area contributed by atoms with Crippen molar-refractivity contribution in [2.45, 2.75) is 20.0 Å². The third-order valence-corrected chi connectivity index (χ3v) is 2.48. The second kappa shape index (κ2) is 4.03. The minimum atomic E-state index is -0.0695. The molecule has 2 nitrogen and oxygen atoms in total. The van der Waals surface area contributed by atoms with Crippen molar-refractivity contribution in [1.29, 1.82) is 0 Å². The predicted molar refractivity (Wildman–Crippen MR) is 52.6 cm³/mol. The van der Waals surface area contributed by atoms with Crippen molar-refractivity contribution in [2.24, 2.45) is 5.90 Å². The van der Waals surface area contributed by atoms with Crippen LogP contribution in [0.1, 0.15) is 24.2 Å². The standard InChI is InChI=1S/C9H12BrNO/c1-6-3-4-8(7(2)12-11)9(10)5-6/h3-5,7H,11H2,1-2H3. The maximum absolute atomic E-state index is 5.09. The lowest BCUT2D eigenvalue weighted by atomic mass is 10.1. The van der Waals surface area contributed by atoms with E-state index >= 15 is 0 Å². The Hall–Kier alpha value is -0.380. The lowest BCUT2D eigenvalue weighted by molar-refractivity contribution is 0.0659. The summed E-state index contributed by atoms with van der Waals surface area (Å²) < 4.78 is 1.04. The third-order valence-electron chi connectivity index (χ3n) is 1.80. The Morgan fingerprint density at radius 2 is 2.17 bits per heavy atom. The van der Waals surface area contributed by atoms with E-state index < -0.39 is 0 Å². The first-order valence-corrected chi connectivity index (χ1v) is 4.56. The van der Waals surface area contributed by atoms with Gasteiger partial charge < -0.3 is 0 Å². The van der Waals surface area contributed by atoms with Gasteiger partial charge in [0, 0.05) is 4.47 Å². The molecule has 0 bridgehead atoms. The summed E-state index contributed by atoms with van der Waals surface area (Å²) in [4.78, 5) is 4.73. The molecule has 0 radical (unpaired) electrons. The Morgan fingerprint density at radius 3 is 2.67 bits per heavy atom. The van der Waals surface area contributed by atoms with E-state index in [9.17, 15) is 0 Å². The van der Waals surface area contributed by atoms with Gasteiger partial charge in [-0.15, -0.1) is 0 Å². The quantitative estimate of drug-likeness (QED) is 0.792. The molecule has 1 unspecified atom stereocenters. The molecule has 0 aliphatic rings. The van der Waals surface area contributed by atoms with Gasteiger partial charge >= 0.3 is 0 Å². The highest BCUT2D eigenvalue weighted by atomic mass is 79.9. The van der Waals surface area contributed by atoms with Crippen molar-refractivity contribution in [3.05, 3.63) is 33.8 Å². The van der Waals surface area contributed by atoms with Crippen molar-refractivity contribution in [1.82, 2.24) is 0 Å². The Morgan fingerprint density at radius 1 is 1.50 bits per heavy atom. The zero-order chi connectivity index (χ0) is 9.14. The van der Waals surface area contributed by atoms with E-state index in [2.05, 4.69) is 15.9 Å². The van der Waals surface area contributed by atoms with E-state index in [1.54, 1.807) is 0 Å². The van der Waals surface area contributed by atoms with Crippen LogP contribution in [-0.2, 0) is 4.84 Å². The molecule has 0 heterocycles. The Kier molecular flexibility index (Phi) is 3.26. The summed E-state index contributed by atoms with van der Waals surface area (Å²) in [6.07, 6.45) is -0.0695. The lowest BCUT2D eigenvalue weighted by Crippen LogP contribution is -2.05. The largest absolute Gasteiger partial charge is 0.297 e. The predicted octanol–water partition coefficient (Wildman–Crippen LogP) is 2.71. The molecule has 0 spiro atoms. The summed E-state index contributed by atoms with van der Waals surface area (Å²) >= 11 is 3.45. The number of halogens is 1. The van der Waals surface area contributed by atoms with Gasteiger partial charge in [0.25, 0.3) is 0 Å². The normalized spacial score (nSPS) is 13.0. The van der Waals surface area contributed by atoms with Crippen molar-refractivity contribution in [3.63, 3.8) is 0 Å². The van der Waals surface area contributed by atoms with Crippen LogP contribution in [0.25, 0.3) is 0 Å². The molecule has 0 aromatic heterocycles. The second-order valence-electron chi connectivity index (χ2n) is 2.80. The van der Waals surface area contributed by atoms with Crippen LogP contribution in [0.5, 0.6) is 0 Å². The zero-order valence-electron chi connectivity index (χ0n) is 7.17.